The second-order valence-electron chi connectivity index (χ2n) is 12.3. The number of carbonyl (C=O) groups excluding carboxylic acids is 4. The van der Waals surface area contributed by atoms with Gasteiger partial charge in [0.05, 0.1) is 5.56 Å². The van der Waals surface area contributed by atoms with E-state index in [0.29, 0.717) is 11.1 Å². The minimum Gasteiger partial charge on any atom is -0.461 e. The number of fused-ring (bicyclic) bond motifs is 1. The highest BCUT2D eigenvalue weighted by atomic mass is 16.6. The van der Waals surface area contributed by atoms with E-state index >= 15 is 0 Å². The van der Waals surface area contributed by atoms with Crippen LogP contribution in [0.1, 0.15) is 78.6 Å². The first-order chi connectivity index (χ1) is 19.5. The fourth-order valence-electron chi connectivity index (χ4n) is 6.17. The minimum atomic E-state index is -1.63. The third kappa shape index (κ3) is 7.68. The van der Waals surface area contributed by atoms with Gasteiger partial charge in [-0.3, -0.25) is 14.4 Å². The van der Waals surface area contributed by atoms with Crippen LogP contribution in [0.3, 0.4) is 0 Å². The van der Waals surface area contributed by atoms with Gasteiger partial charge in [0, 0.05) is 44.4 Å². The lowest BCUT2D eigenvalue weighted by Crippen LogP contribution is -2.52. The first-order valence-electron chi connectivity index (χ1n) is 14.4. The van der Waals surface area contributed by atoms with Gasteiger partial charge < -0.3 is 24.1 Å². The Morgan fingerprint density at radius 3 is 2.05 bits per heavy atom. The Morgan fingerprint density at radius 2 is 1.48 bits per heavy atom. The van der Waals surface area contributed by atoms with Gasteiger partial charge in [-0.25, -0.2) is 4.79 Å². The van der Waals surface area contributed by atoms with Gasteiger partial charge in [-0.05, 0) is 37.0 Å². The summed E-state index contributed by atoms with van der Waals surface area (Å²) in [5.74, 6) is -3.71. The molecule has 0 radical (unpaired) electrons. The van der Waals surface area contributed by atoms with Crippen LogP contribution < -0.4 is 0 Å². The van der Waals surface area contributed by atoms with Crippen molar-refractivity contribution in [1.82, 2.24) is 0 Å². The van der Waals surface area contributed by atoms with Crippen LogP contribution >= 0.6 is 0 Å². The van der Waals surface area contributed by atoms with Crippen molar-refractivity contribution >= 4 is 23.9 Å². The zero-order chi connectivity index (χ0) is 31.4. The molecule has 0 bridgehead atoms. The largest absolute Gasteiger partial charge is 0.461 e. The van der Waals surface area contributed by atoms with Crippen molar-refractivity contribution in [2.24, 2.45) is 23.2 Å². The molecule has 8 atom stereocenters. The van der Waals surface area contributed by atoms with E-state index in [1.807, 2.05) is 39.8 Å². The van der Waals surface area contributed by atoms with Crippen LogP contribution in [0.2, 0.25) is 0 Å². The number of hydrogen-bond acceptors (Lipinski definition) is 9. The van der Waals surface area contributed by atoms with Crippen LogP contribution in [0.4, 0.5) is 0 Å². The van der Waals surface area contributed by atoms with Gasteiger partial charge in [0.25, 0.3) is 0 Å². The maximum absolute atomic E-state index is 13.2. The van der Waals surface area contributed by atoms with Crippen LogP contribution in [0.15, 0.2) is 54.1 Å². The van der Waals surface area contributed by atoms with E-state index in [1.54, 1.807) is 43.3 Å². The average molecular weight is 585 g/mol. The van der Waals surface area contributed by atoms with E-state index in [2.05, 4.69) is 0 Å². The molecule has 0 heterocycles. The number of carbonyl (C=O) groups is 4. The van der Waals surface area contributed by atoms with Crippen molar-refractivity contribution in [3.05, 3.63) is 59.7 Å². The maximum atomic E-state index is 13.2. The molecule has 0 aliphatic heterocycles. The summed E-state index contributed by atoms with van der Waals surface area (Å²) in [6.07, 6.45) is 2.54. The lowest BCUT2D eigenvalue weighted by molar-refractivity contribution is -0.173. The van der Waals surface area contributed by atoms with Crippen LogP contribution in [-0.2, 0) is 33.3 Å². The number of rotatable bonds is 5. The van der Waals surface area contributed by atoms with Crippen molar-refractivity contribution in [2.75, 3.05) is 0 Å². The summed E-state index contributed by atoms with van der Waals surface area (Å²) in [6, 6.07) is 8.57. The predicted molar refractivity (Wildman–Crippen MR) is 155 cm³/mol. The summed E-state index contributed by atoms with van der Waals surface area (Å²) in [6.45, 7) is 13.2. The maximum Gasteiger partial charge on any atom is 0.338 e. The smallest absolute Gasteiger partial charge is 0.338 e. The molecule has 0 unspecified atom stereocenters. The van der Waals surface area contributed by atoms with Gasteiger partial charge in [0.1, 0.15) is 30.0 Å². The Kier molecular flexibility index (Phi) is 10.4. The molecule has 9 nitrogen and oxygen atoms in total. The molecule has 42 heavy (non-hydrogen) atoms. The first kappa shape index (κ1) is 33.0. The Morgan fingerprint density at radius 1 is 0.881 bits per heavy atom. The zero-order valence-electron chi connectivity index (χ0n) is 25.8. The molecule has 230 valence electrons. The van der Waals surface area contributed by atoms with E-state index in [0.717, 1.165) is 0 Å². The molecule has 2 aliphatic carbocycles. The highest BCUT2D eigenvalue weighted by molar-refractivity contribution is 5.89. The Bertz CT molecular complexity index is 1220. The summed E-state index contributed by atoms with van der Waals surface area (Å²) >= 11 is 0. The molecule has 0 amide bonds. The molecule has 3 rings (SSSR count). The van der Waals surface area contributed by atoms with Gasteiger partial charge in [-0.2, -0.15) is 0 Å². The summed E-state index contributed by atoms with van der Waals surface area (Å²) in [4.78, 5) is 49.9. The number of hydrogen-bond donors (Lipinski definition) is 1. The van der Waals surface area contributed by atoms with Crippen molar-refractivity contribution in [2.45, 2.75) is 98.2 Å². The number of aliphatic hydroxyl groups is 1. The van der Waals surface area contributed by atoms with E-state index in [9.17, 15) is 24.3 Å². The predicted octanol–water partition coefficient (Wildman–Crippen LogP) is 4.96. The van der Waals surface area contributed by atoms with Crippen molar-refractivity contribution in [3.8, 4) is 0 Å². The molecular formula is C33H44O9. The van der Waals surface area contributed by atoms with Crippen molar-refractivity contribution < 1.29 is 43.2 Å². The van der Waals surface area contributed by atoms with Crippen molar-refractivity contribution in [3.63, 3.8) is 0 Å². The molecule has 0 saturated heterocycles. The molecule has 2 aliphatic rings. The molecule has 0 aromatic heterocycles. The summed E-state index contributed by atoms with van der Waals surface area (Å²) in [7, 11) is 0. The molecule has 1 aromatic carbocycles. The van der Waals surface area contributed by atoms with Gasteiger partial charge in [-0.1, -0.05) is 64.1 Å². The van der Waals surface area contributed by atoms with Crippen LogP contribution in [-0.4, -0.2) is 59.0 Å². The standard InChI is InChI=1S/C33H44O9/c1-19-14-15-32(7,8)28(40-23(5)35)17-27(39-22(4)34)20(2)16-26-29(42-31(37)25-12-10-9-11-13-25)21(3)18-33(26,38)30(19)41-24(6)36/h9-16,19,21,26-30,38H,17-18H2,1-8H3/b15-14-,20-16?/t19-,21-,26+,27-,28-,29-,30-,33-/m1/s1. The van der Waals surface area contributed by atoms with Crippen LogP contribution in [0, 0.1) is 23.2 Å². The fraction of sp³-hybridized carbons (Fsp3) is 0.576. The molecule has 9 heteroatoms. The Labute approximate surface area is 248 Å². The molecular weight excluding hydrogens is 540 g/mol. The quantitative estimate of drug-likeness (QED) is 0.290. The van der Waals surface area contributed by atoms with E-state index in [4.69, 9.17) is 18.9 Å². The normalized spacial score (nSPS) is 33.5. The number of ether oxygens (including phenoxy) is 4. The molecule has 1 N–H and O–H groups in total. The molecule has 0 spiro atoms. The monoisotopic (exact) mass is 584 g/mol. The highest BCUT2D eigenvalue weighted by Gasteiger charge is 2.58. The van der Waals surface area contributed by atoms with Gasteiger partial charge >= 0.3 is 23.9 Å². The van der Waals surface area contributed by atoms with Gasteiger partial charge in [-0.15, -0.1) is 0 Å². The third-order valence-electron chi connectivity index (χ3n) is 8.31. The highest BCUT2D eigenvalue weighted by Crippen LogP contribution is 2.48. The van der Waals surface area contributed by atoms with E-state index < -0.39 is 71.1 Å². The summed E-state index contributed by atoms with van der Waals surface area (Å²) in [5, 5.41) is 12.5. The zero-order valence-corrected chi connectivity index (χ0v) is 25.8. The van der Waals surface area contributed by atoms with Crippen molar-refractivity contribution in [1.29, 1.82) is 0 Å². The minimum absolute atomic E-state index is 0.162. The lowest BCUT2D eigenvalue weighted by Gasteiger charge is -2.41. The second kappa shape index (κ2) is 13.2. The average Bonchev–Trinajstić information content (AvgIpc) is 3.13. The molecule has 1 saturated carbocycles. The van der Waals surface area contributed by atoms with E-state index in [1.165, 1.54) is 20.8 Å². The number of esters is 4. The molecule has 1 aromatic rings. The summed E-state index contributed by atoms with van der Waals surface area (Å²) < 4.78 is 23.3. The number of benzene rings is 1. The molecule has 1 fully saturated rings. The summed E-state index contributed by atoms with van der Waals surface area (Å²) in [5.41, 5.74) is -1.39. The van der Waals surface area contributed by atoms with Gasteiger partial charge in [0.2, 0.25) is 0 Å². The first-order valence-corrected chi connectivity index (χ1v) is 14.4. The van der Waals surface area contributed by atoms with Gasteiger partial charge in [0.15, 0.2) is 0 Å². The van der Waals surface area contributed by atoms with Crippen LogP contribution in [0.5, 0.6) is 0 Å². The second-order valence-corrected chi connectivity index (χ2v) is 12.3. The Hall–Kier alpha value is -3.46. The topological polar surface area (TPSA) is 125 Å². The SMILES string of the molecule is CC(=O)O[C@@H]1[C@H](C)/C=C\C(C)(C)[C@H](OC(C)=O)C[C@@H](OC(C)=O)C(C)=C[C@H]2[C@H](OC(=O)c3ccccc3)[C@H](C)C[C@]12O. The van der Waals surface area contributed by atoms with E-state index in [-0.39, 0.29) is 18.8 Å². The fourth-order valence-corrected chi connectivity index (χ4v) is 6.17. The third-order valence-corrected chi connectivity index (χ3v) is 8.31. The lowest BCUT2D eigenvalue weighted by atomic mass is 9.75. The Balaban J connectivity index is 2.20. The van der Waals surface area contributed by atoms with Crippen LogP contribution in [0.25, 0.3) is 0 Å².